The van der Waals surface area contributed by atoms with E-state index < -0.39 is 5.54 Å². The predicted molar refractivity (Wildman–Crippen MR) is 131 cm³/mol. The molecule has 4 rings (SSSR count). The van der Waals surface area contributed by atoms with Crippen molar-refractivity contribution in [2.45, 2.75) is 83.3 Å². The zero-order valence-corrected chi connectivity index (χ0v) is 21.1. The van der Waals surface area contributed by atoms with Gasteiger partial charge in [-0.2, -0.15) is 5.10 Å². The third kappa shape index (κ3) is 4.26. The first-order valence-electron chi connectivity index (χ1n) is 12.0. The van der Waals surface area contributed by atoms with Crippen LogP contribution in [0, 0.1) is 0 Å². The highest BCUT2D eigenvalue weighted by atomic mass is 16.5. The lowest BCUT2D eigenvalue weighted by Gasteiger charge is -2.44. The first kappa shape index (κ1) is 24.1. The molecule has 1 N–H and O–H groups in total. The molecule has 1 aliphatic carbocycles. The number of anilines is 1. The number of benzene rings is 1. The topological polar surface area (TPSA) is 85.7 Å². The van der Waals surface area contributed by atoms with Crippen molar-refractivity contribution in [3.63, 3.8) is 0 Å². The van der Waals surface area contributed by atoms with Gasteiger partial charge in [0.25, 0.3) is 5.91 Å². The van der Waals surface area contributed by atoms with Crippen LogP contribution in [-0.2, 0) is 16.8 Å². The number of nitrogens with one attached hydrogen (secondary N) is 1. The number of nitrogens with zero attached hydrogens (tertiary/aromatic N) is 3. The van der Waals surface area contributed by atoms with E-state index in [0.717, 1.165) is 31.4 Å². The van der Waals surface area contributed by atoms with Crippen molar-refractivity contribution in [3.8, 4) is 11.5 Å². The van der Waals surface area contributed by atoms with Crippen LogP contribution in [0.1, 0.15) is 76.0 Å². The van der Waals surface area contributed by atoms with Crippen LogP contribution in [0.2, 0.25) is 0 Å². The summed E-state index contributed by atoms with van der Waals surface area (Å²) in [4.78, 5) is 29.4. The van der Waals surface area contributed by atoms with E-state index in [1.807, 2.05) is 13.0 Å². The number of amides is 2. The van der Waals surface area contributed by atoms with Gasteiger partial charge in [0, 0.05) is 17.5 Å². The molecule has 1 unspecified atom stereocenters. The summed E-state index contributed by atoms with van der Waals surface area (Å²) in [5.74, 6) is 0.620. The van der Waals surface area contributed by atoms with Crippen molar-refractivity contribution in [2.75, 3.05) is 19.1 Å². The predicted octanol–water partition coefficient (Wildman–Crippen LogP) is 4.07. The third-order valence-electron chi connectivity index (χ3n) is 6.98. The molecule has 0 saturated heterocycles. The number of carbonyl (C=O) groups is 2. The summed E-state index contributed by atoms with van der Waals surface area (Å²) < 4.78 is 12.7. The van der Waals surface area contributed by atoms with Gasteiger partial charge in [-0.3, -0.25) is 19.2 Å². The summed E-state index contributed by atoms with van der Waals surface area (Å²) in [7, 11) is 3.13. The molecule has 1 fully saturated rings. The number of hydrogen-bond acceptors (Lipinski definition) is 5. The van der Waals surface area contributed by atoms with Gasteiger partial charge in [0.15, 0.2) is 0 Å². The van der Waals surface area contributed by atoms with Gasteiger partial charge in [0.1, 0.15) is 22.7 Å². The van der Waals surface area contributed by atoms with Crippen molar-refractivity contribution in [2.24, 2.45) is 0 Å². The standard InChI is InChI=1S/C26H36N4O4/c1-25(2,3)22-15-20-23(31)30(19-13-12-18(33-5)14-21(19)34-6)26(4,16-29(20)28-22)24(32)27-17-10-8-7-9-11-17/h12-15,17H,7-11,16H2,1-6H3,(H,27,32). The lowest BCUT2D eigenvalue weighted by molar-refractivity contribution is -0.127. The van der Waals surface area contributed by atoms with Crippen LogP contribution >= 0.6 is 0 Å². The minimum absolute atomic E-state index is 0.122. The van der Waals surface area contributed by atoms with Crippen LogP contribution in [0.3, 0.4) is 0 Å². The van der Waals surface area contributed by atoms with E-state index >= 15 is 0 Å². The quantitative estimate of drug-likeness (QED) is 0.715. The van der Waals surface area contributed by atoms with Crippen molar-refractivity contribution < 1.29 is 19.1 Å². The highest BCUT2D eigenvalue weighted by molar-refractivity contribution is 6.12. The Morgan fingerprint density at radius 1 is 1.12 bits per heavy atom. The second-order valence-electron chi connectivity index (χ2n) is 10.6. The van der Waals surface area contributed by atoms with Crippen molar-refractivity contribution >= 4 is 17.5 Å². The maximum atomic E-state index is 14.0. The molecule has 34 heavy (non-hydrogen) atoms. The first-order valence-corrected chi connectivity index (χ1v) is 12.0. The molecule has 8 heteroatoms. The molecule has 1 aromatic heterocycles. The minimum Gasteiger partial charge on any atom is -0.497 e. The van der Waals surface area contributed by atoms with E-state index in [2.05, 4.69) is 26.1 Å². The molecule has 2 aromatic rings. The third-order valence-corrected chi connectivity index (χ3v) is 6.98. The van der Waals surface area contributed by atoms with Crippen LogP contribution in [0.4, 0.5) is 5.69 Å². The van der Waals surface area contributed by atoms with Crippen molar-refractivity contribution in [1.82, 2.24) is 15.1 Å². The summed E-state index contributed by atoms with van der Waals surface area (Å²) >= 11 is 0. The fraction of sp³-hybridized carbons (Fsp3) is 0.577. The van der Waals surface area contributed by atoms with Gasteiger partial charge in [-0.15, -0.1) is 0 Å². The van der Waals surface area contributed by atoms with Gasteiger partial charge in [-0.05, 0) is 38.0 Å². The SMILES string of the molecule is COc1ccc(N2C(=O)c3cc(C(C)(C)C)nn3CC2(C)C(=O)NC2CCCCC2)c(OC)c1. The number of rotatable bonds is 5. The zero-order valence-electron chi connectivity index (χ0n) is 21.1. The summed E-state index contributed by atoms with van der Waals surface area (Å²) in [6.45, 7) is 8.24. The molecule has 0 bridgehead atoms. The van der Waals surface area contributed by atoms with E-state index in [0.29, 0.717) is 22.9 Å². The molecule has 2 heterocycles. The van der Waals surface area contributed by atoms with Crippen LogP contribution in [-0.4, -0.2) is 47.4 Å². The zero-order chi connectivity index (χ0) is 24.7. The Bertz CT molecular complexity index is 1080. The summed E-state index contributed by atoms with van der Waals surface area (Å²) in [6.07, 6.45) is 5.33. The maximum absolute atomic E-state index is 14.0. The minimum atomic E-state index is -1.19. The Morgan fingerprint density at radius 3 is 2.44 bits per heavy atom. The van der Waals surface area contributed by atoms with Crippen LogP contribution in [0.15, 0.2) is 24.3 Å². The van der Waals surface area contributed by atoms with Gasteiger partial charge >= 0.3 is 0 Å². The van der Waals surface area contributed by atoms with Gasteiger partial charge in [-0.1, -0.05) is 40.0 Å². The lowest BCUT2D eigenvalue weighted by Crippen LogP contribution is -2.65. The molecule has 8 nitrogen and oxygen atoms in total. The van der Waals surface area contributed by atoms with Crippen LogP contribution in [0.25, 0.3) is 0 Å². The van der Waals surface area contributed by atoms with Gasteiger partial charge in [-0.25, -0.2) is 0 Å². The number of aromatic nitrogens is 2. The highest BCUT2D eigenvalue weighted by Gasteiger charge is 2.50. The largest absolute Gasteiger partial charge is 0.497 e. The number of ether oxygens (including phenoxy) is 2. The molecule has 2 aliphatic rings. The van der Waals surface area contributed by atoms with Crippen molar-refractivity contribution in [1.29, 1.82) is 0 Å². The summed E-state index contributed by atoms with van der Waals surface area (Å²) in [6, 6.07) is 7.24. The Kier molecular flexibility index (Phi) is 6.36. The molecule has 1 atom stereocenters. The van der Waals surface area contributed by atoms with Crippen LogP contribution in [0.5, 0.6) is 11.5 Å². The Morgan fingerprint density at radius 2 is 1.82 bits per heavy atom. The molecule has 1 aromatic carbocycles. The number of methoxy groups -OCH3 is 2. The number of fused-ring (bicyclic) bond motifs is 1. The maximum Gasteiger partial charge on any atom is 0.277 e. The second kappa shape index (κ2) is 8.96. The van der Waals surface area contributed by atoms with E-state index in [1.165, 1.54) is 6.42 Å². The average molecular weight is 469 g/mol. The van der Waals surface area contributed by atoms with Crippen molar-refractivity contribution in [3.05, 3.63) is 35.7 Å². The molecule has 184 valence electrons. The average Bonchev–Trinajstić information content (AvgIpc) is 3.24. The molecule has 1 aliphatic heterocycles. The van der Waals surface area contributed by atoms with E-state index in [-0.39, 0.29) is 29.8 Å². The van der Waals surface area contributed by atoms with Gasteiger partial charge in [0.05, 0.1) is 32.1 Å². The Labute approximate surface area is 201 Å². The smallest absolute Gasteiger partial charge is 0.277 e. The fourth-order valence-electron chi connectivity index (χ4n) is 4.88. The Hall–Kier alpha value is -3.03. The molecule has 2 amide bonds. The van der Waals surface area contributed by atoms with E-state index in [9.17, 15) is 9.59 Å². The highest BCUT2D eigenvalue weighted by Crippen LogP contribution is 2.40. The van der Waals surface area contributed by atoms with Crippen LogP contribution < -0.4 is 19.7 Å². The molecular formula is C26H36N4O4. The second-order valence-corrected chi connectivity index (χ2v) is 10.6. The van der Waals surface area contributed by atoms with E-state index in [1.54, 1.807) is 42.0 Å². The lowest BCUT2D eigenvalue weighted by atomic mass is 9.90. The normalized spacial score (nSPS) is 21.2. The Balaban J connectivity index is 1.82. The number of carbonyl (C=O) groups excluding carboxylic acids is 2. The summed E-state index contributed by atoms with van der Waals surface area (Å²) in [5, 5.41) is 7.97. The fourth-order valence-corrected chi connectivity index (χ4v) is 4.88. The molecule has 0 spiro atoms. The van der Waals surface area contributed by atoms with Gasteiger partial charge < -0.3 is 14.8 Å². The molecule has 1 saturated carbocycles. The molecular weight excluding hydrogens is 432 g/mol. The monoisotopic (exact) mass is 468 g/mol. The molecule has 0 radical (unpaired) electrons. The summed E-state index contributed by atoms with van der Waals surface area (Å²) in [5.41, 5.74) is 0.387. The van der Waals surface area contributed by atoms with Gasteiger partial charge in [0.2, 0.25) is 5.91 Å². The number of hydrogen-bond donors (Lipinski definition) is 1. The van der Waals surface area contributed by atoms with E-state index in [4.69, 9.17) is 14.6 Å². The first-order chi connectivity index (χ1) is 16.1.